The lowest BCUT2D eigenvalue weighted by Crippen LogP contribution is -2.24. The third-order valence-electron chi connectivity index (χ3n) is 7.50. The number of benzene rings is 2. The maximum Gasteiger partial charge on any atom is 0.153 e. The average Bonchev–Trinajstić information content (AvgIpc) is 3.38. The molecule has 2 aromatic rings. The lowest BCUT2D eigenvalue weighted by Gasteiger charge is -2.31. The molecule has 0 radical (unpaired) electrons. The molecular formula is C35H46O6. The highest BCUT2D eigenvalue weighted by molar-refractivity contribution is 5.82. The van der Waals surface area contributed by atoms with E-state index in [0.29, 0.717) is 36.4 Å². The van der Waals surface area contributed by atoms with Crippen molar-refractivity contribution >= 4 is 24.1 Å². The SMILES string of the molecule is CC(C)(C)C1=C(c2ccc(C=O)c(O)c2)OCC1(C)C.COc1cc(C2=C(C(C)(C)C)C(C)(C)CO2)ccc1C=O. The molecule has 0 saturated carbocycles. The van der Waals surface area contributed by atoms with Crippen LogP contribution in [0.1, 0.15) is 101 Å². The third-order valence-corrected chi connectivity index (χ3v) is 7.50. The van der Waals surface area contributed by atoms with E-state index in [1.54, 1.807) is 25.3 Å². The first kappa shape index (κ1) is 32.0. The topological polar surface area (TPSA) is 82.1 Å². The van der Waals surface area contributed by atoms with Crippen LogP contribution in [0.4, 0.5) is 0 Å². The molecule has 0 aliphatic carbocycles. The van der Waals surface area contributed by atoms with E-state index in [0.717, 1.165) is 28.9 Å². The number of aromatic hydroxyl groups is 1. The maximum atomic E-state index is 11.0. The predicted octanol–water partition coefficient (Wildman–Crippen LogP) is 8.34. The van der Waals surface area contributed by atoms with Gasteiger partial charge in [0.2, 0.25) is 0 Å². The van der Waals surface area contributed by atoms with Crippen LogP contribution in [0.3, 0.4) is 0 Å². The Morgan fingerprint density at radius 3 is 1.51 bits per heavy atom. The van der Waals surface area contributed by atoms with Gasteiger partial charge in [-0.1, -0.05) is 81.4 Å². The minimum atomic E-state index is -0.0352. The molecule has 0 fully saturated rings. The number of hydrogen-bond acceptors (Lipinski definition) is 6. The molecule has 0 aromatic heterocycles. The molecule has 2 aliphatic heterocycles. The fourth-order valence-electron chi connectivity index (χ4n) is 6.31. The smallest absolute Gasteiger partial charge is 0.153 e. The first-order chi connectivity index (χ1) is 18.9. The minimum Gasteiger partial charge on any atom is -0.507 e. The van der Waals surface area contributed by atoms with E-state index in [4.69, 9.17) is 14.2 Å². The second kappa shape index (κ2) is 11.4. The monoisotopic (exact) mass is 562 g/mol. The molecule has 6 nitrogen and oxygen atoms in total. The van der Waals surface area contributed by atoms with Crippen molar-refractivity contribution in [1.29, 1.82) is 0 Å². The number of carbonyl (C=O) groups excluding carboxylic acids is 2. The molecular weight excluding hydrogens is 516 g/mol. The molecule has 1 N–H and O–H groups in total. The minimum absolute atomic E-state index is 0.00412. The standard InChI is InChI=1S/C18H24O3.C17H22O3/c1-17(2,3)16-15(21-11-18(16,4)5)12-7-8-13(10-19)14(9-12)20-6;1-16(2,3)15-14(20-10-17(15,4)5)11-6-7-12(9-18)13(19)8-11/h7-10H,11H2,1-6H3;6-9,19H,10H2,1-5H3. The van der Waals surface area contributed by atoms with Crippen molar-refractivity contribution in [2.75, 3.05) is 20.3 Å². The summed E-state index contributed by atoms with van der Waals surface area (Å²) >= 11 is 0. The molecule has 0 unspecified atom stereocenters. The number of hydrogen-bond donors (Lipinski definition) is 1. The molecule has 0 saturated heterocycles. The molecule has 222 valence electrons. The zero-order valence-corrected chi connectivity index (χ0v) is 26.5. The van der Waals surface area contributed by atoms with Crippen LogP contribution in [0.2, 0.25) is 0 Å². The van der Waals surface area contributed by atoms with Crippen LogP contribution in [0.25, 0.3) is 11.5 Å². The van der Waals surface area contributed by atoms with E-state index in [-0.39, 0.29) is 27.4 Å². The summed E-state index contributed by atoms with van der Waals surface area (Å²) in [7, 11) is 1.57. The molecule has 2 heterocycles. The van der Waals surface area contributed by atoms with E-state index in [1.165, 1.54) is 11.1 Å². The number of aldehydes is 2. The van der Waals surface area contributed by atoms with Crippen LogP contribution in [0.5, 0.6) is 11.5 Å². The molecule has 0 spiro atoms. The van der Waals surface area contributed by atoms with Crippen molar-refractivity contribution < 1.29 is 28.9 Å². The zero-order chi connectivity index (χ0) is 31.0. The van der Waals surface area contributed by atoms with Crippen LogP contribution >= 0.6 is 0 Å². The number of carbonyl (C=O) groups is 2. The molecule has 4 rings (SSSR count). The van der Waals surface area contributed by atoms with Gasteiger partial charge in [0.25, 0.3) is 0 Å². The highest BCUT2D eigenvalue weighted by Gasteiger charge is 2.42. The van der Waals surface area contributed by atoms with Gasteiger partial charge in [0.15, 0.2) is 12.6 Å². The first-order valence-corrected chi connectivity index (χ1v) is 14.1. The molecule has 0 bridgehead atoms. The lowest BCUT2D eigenvalue weighted by atomic mass is 9.71. The van der Waals surface area contributed by atoms with Gasteiger partial charge in [-0.2, -0.15) is 0 Å². The summed E-state index contributed by atoms with van der Waals surface area (Å²) in [5, 5.41) is 9.86. The van der Waals surface area contributed by atoms with E-state index in [1.807, 2.05) is 18.2 Å². The summed E-state index contributed by atoms with van der Waals surface area (Å²) in [6, 6.07) is 10.6. The highest BCUT2D eigenvalue weighted by atomic mass is 16.5. The summed E-state index contributed by atoms with van der Waals surface area (Å²) in [4.78, 5) is 21.8. The quantitative estimate of drug-likeness (QED) is 0.369. The van der Waals surface area contributed by atoms with E-state index in [2.05, 4.69) is 69.2 Å². The normalized spacial score (nSPS) is 17.8. The van der Waals surface area contributed by atoms with Crippen LogP contribution < -0.4 is 4.74 Å². The molecule has 2 aromatic carbocycles. The largest absolute Gasteiger partial charge is 0.507 e. The number of phenolic OH excluding ortho intramolecular Hbond substituents is 1. The van der Waals surface area contributed by atoms with Crippen molar-refractivity contribution in [3.8, 4) is 11.5 Å². The van der Waals surface area contributed by atoms with Crippen LogP contribution in [-0.4, -0.2) is 38.0 Å². The van der Waals surface area contributed by atoms with Crippen molar-refractivity contribution in [2.45, 2.75) is 69.2 Å². The number of rotatable bonds is 5. The average molecular weight is 563 g/mol. The van der Waals surface area contributed by atoms with Crippen molar-refractivity contribution in [3.05, 3.63) is 69.8 Å². The van der Waals surface area contributed by atoms with Gasteiger partial charge in [0.1, 0.15) is 23.0 Å². The molecule has 41 heavy (non-hydrogen) atoms. The fourth-order valence-corrected chi connectivity index (χ4v) is 6.31. The Labute approximate surface area is 245 Å². The van der Waals surface area contributed by atoms with Crippen molar-refractivity contribution in [1.82, 2.24) is 0 Å². The van der Waals surface area contributed by atoms with Crippen LogP contribution in [0.15, 0.2) is 47.5 Å². The van der Waals surface area contributed by atoms with Gasteiger partial charge in [-0.15, -0.1) is 0 Å². The number of ether oxygens (including phenoxy) is 3. The van der Waals surface area contributed by atoms with Gasteiger partial charge >= 0.3 is 0 Å². The molecule has 0 amide bonds. The number of phenols is 1. The Hall–Kier alpha value is -3.54. The van der Waals surface area contributed by atoms with Gasteiger partial charge in [-0.25, -0.2) is 0 Å². The molecule has 0 atom stereocenters. The summed E-state index contributed by atoms with van der Waals surface area (Å²) in [5.41, 5.74) is 5.15. The van der Waals surface area contributed by atoms with Gasteiger partial charge in [-0.05, 0) is 46.2 Å². The van der Waals surface area contributed by atoms with Crippen molar-refractivity contribution in [2.24, 2.45) is 21.7 Å². The van der Waals surface area contributed by atoms with E-state index < -0.39 is 0 Å². The van der Waals surface area contributed by atoms with Crippen molar-refractivity contribution in [3.63, 3.8) is 0 Å². The summed E-state index contributed by atoms with van der Waals surface area (Å²) in [5.74, 6) is 2.32. The first-order valence-electron chi connectivity index (χ1n) is 14.1. The van der Waals surface area contributed by atoms with Crippen LogP contribution in [0, 0.1) is 21.7 Å². The second-order valence-electron chi connectivity index (χ2n) is 14.2. The molecule has 6 heteroatoms. The summed E-state index contributed by atoms with van der Waals surface area (Å²) in [6.07, 6.45) is 1.46. The Morgan fingerprint density at radius 1 is 0.732 bits per heavy atom. The summed E-state index contributed by atoms with van der Waals surface area (Å²) < 4.78 is 17.2. The third kappa shape index (κ3) is 6.69. The molecule has 2 aliphatic rings. The van der Waals surface area contributed by atoms with Gasteiger partial charge in [-0.3, -0.25) is 9.59 Å². The lowest BCUT2D eigenvalue weighted by molar-refractivity contribution is 0.111. The van der Waals surface area contributed by atoms with Gasteiger partial charge in [0, 0.05) is 22.0 Å². The van der Waals surface area contributed by atoms with Gasteiger partial charge in [0.05, 0.1) is 31.5 Å². The zero-order valence-electron chi connectivity index (χ0n) is 26.5. The van der Waals surface area contributed by atoms with E-state index >= 15 is 0 Å². The summed E-state index contributed by atoms with van der Waals surface area (Å²) in [6.45, 7) is 23.2. The second-order valence-corrected chi connectivity index (χ2v) is 14.2. The number of methoxy groups -OCH3 is 1. The van der Waals surface area contributed by atoms with Gasteiger partial charge < -0.3 is 19.3 Å². The Bertz CT molecular complexity index is 1380. The Kier molecular flexibility index (Phi) is 8.88. The maximum absolute atomic E-state index is 11.0. The predicted molar refractivity (Wildman–Crippen MR) is 164 cm³/mol. The fraction of sp³-hybridized carbons (Fsp3) is 0.486. The Morgan fingerprint density at radius 2 is 1.15 bits per heavy atom. The van der Waals surface area contributed by atoms with Crippen LogP contribution in [-0.2, 0) is 9.47 Å². The van der Waals surface area contributed by atoms with E-state index in [9.17, 15) is 14.7 Å². The highest BCUT2D eigenvalue weighted by Crippen LogP contribution is 2.51. The Balaban J connectivity index is 0.000000226.